The smallest absolute Gasteiger partial charge is 0.129 e. The van der Waals surface area contributed by atoms with Gasteiger partial charge in [0.1, 0.15) is 5.82 Å². The molecule has 0 aromatic carbocycles. The lowest BCUT2D eigenvalue weighted by Crippen LogP contribution is -2.29. The first-order valence-electron chi connectivity index (χ1n) is 6.34. The minimum atomic E-state index is 0.0730. The fraction of sp³-hybridized carbons (Fsp3) is 0.643. The third-order valence-corrected chi connectivity index (χ3v) is 3.28. The summed E-state index contributed by atoms with van der Waals surface area (Å²) in [4.78, 5) is 6.84. The minimum absolute atomic E-state index is 0.0730. The largest absolute Gasteiger partial charge is 0.392 e. The predicted molar refractivity (Wildman–Crippen MR) is 72.4 cm³/mol. The zero-order valence-electron chi connectivity index (χ0n) is 11.6. The number of aliphatic hydroxyl groups excluding tert-OH is 1. The van der Waals surface area contributed by atoms with Gasteiger partial charge in [-0.1, -0.05) is 20.8 Å². The number of aliphatic hydroxyl groups is 1. The second-order valence-corrected chi connectivity index (χ2v) is 4.94. The molecule has 1 atom stereocenters. The van der Waals surface area contributed by atoms with Crippen LogP contribution in [0.4, 0.5) is 5.82 Å². The van der Waals surface area contributed by atoms with Crippen LogP contribution in [-0.4, -0.2) is 23.2 Å². The van der Waals surface area contributed by atoms with Gasteiger partial charge in [-0.15, -0.1) is 0 Å². The van der Waals surface area contributed by atoms with Crippen molar-refractivity contribution in [3.8, 4) is 0 Å². The van der Waals surface area contributed by atoms with Gasteiger partial charge in [0.2, 0.25) is 0 Å². The highest BCUT2D eigenvalue weighted by Crippen LogP contribution is 2.21. The van der Waals surface area contributed by atoms with Crippen LogP contribution in [0.5, 0.6) is 0 Å². The summed E-state index contributed by atoms with van der Waals surface area (Å²) in [7, 11) is 2.06. The maximum Gasteiger partial charge on any atom is 0.129 e. The summed E-state index contributed by atoms with van der Waals surface area (Å²) in [6, 6.07) is 4.41. The van der Waals surface area contributed by atoms with Crippen molar-refractivity contribution in [3.63, 3.8) is 0 Å². The van der Waals surface area contributed by atoms with E-state index in [1.165, 1.54) is 0 Å². The Balaban J connectivity index is 3.10. The van der Waals surface area contributed by atoms with Gasteiger partial charge in [0, 0.05) is 18.8 Å². The average Bonchev–Trinajstić information content (AvgIpc) is 2.36. The van der Waals surface area contributed by atoms with Crippen molar-refractivity contribution in [3.05, 3.63) is 23.4 Å². The molecule has 1 unspecified atom stereocenters. The second kappa shape index (κ2) is 6.01. The van der Waals surface area contributed by atoms with Gasteiger partial charge < -0.3 is 10.0 Å². The van der Waals surface area contributed by atoms with E-state index in [4.69, 9.17) is 0 Å². The molecular weight excluding hydrogens is 212 g/mol. The van der Waals surface area contributed by atoms with E-state index in [1.54, 1.807) is 0 Å². The van der Waals surface area contributed by atoms with E-state index < -0.39 is 0 Å². The van der Waals surface area contributed by atoms with Crippen LogP contribution in [0.15, 0.2) is 12.1 Å². The van der Waals surface area contributed by atoms with Crippen LogP contribution in [0, 0.1) is 0 Å². The van der Waals surface area contributed by atoms with Crippen molar-refractivity contribution in [1.82, 2.24) is 4.98 Å². The van der Waals surface area contributed by atoms with Crippen molar-refractivity contribution in [1.29, 1.82) is 0 Å². The summed E-state index contributed by atoms with van der Waals surface area (Å²) in [6.07, 6.45) is 1.08. The fourth-order valence-corrected chi connectivity index (χ4v) is 1.66. The first-order valence-corrected chi connectivity index (χ1v) is 6.34. The Bertz CT molecular complexity index is 363. The molecule has 0 aliphatic heterocycles. The van der Waals surface area contributed by atoms with Gasteiger partial charge >= 0.3 is 0 Å². The first kappa shape index (κ1) is 14.0. The van der Waals surface area contributed by atoms with Crippen LogP contribution < -0.4 is 4.90 Å². The molecule has 1 aromatic rings. The van der Waals surface area contributed by atoms with Gasteiger partial charge in [-0.25, -0.2) is 4.98 Å². The van der Waals surface area contributed by atoms with Crippen molar-refractivity contribution >= 4 is 5.82 Å². The SMILES string of the molecule is CCC(C)N(C)c1cc(CO)cc(C(C)C)n1. The number of rotatable bonds is 5. The standard InChI is InChI=1S/C14H24N2O/c1-6-11(4)16(5)14-8-12(9-17)7-13(15-14)10(2)3/h7-8,10-11,17H,6,9H2,1-5H3. The summed E-state index contributed by atoms with van der Waals surface area (Å²) < 4.78 is 0. The predicted octanol–water partition coefficient (Wildman–Crippen LogP) is 2.93. The molecule has 0 amide bonds. The summed E-state index contributed by atoms with van der Waals surface area (Å²) in [5, 5.41) is 9.30. The lowest BCUT2D eigenvalue weighted by molar-refractivity contribution is 0.281. The quantitative estimate of drug-likeness (QED) is 0.854. The van der Waals surface area contributed by atoms with Gasteiger partial charge in [0.25, 0.3) is 0 Å². The number of pyridine rings is 1. The number of hydrogen-bond donors (Lipinski definition) is 1. The molecule has 96 valence electrons. The number of aromatic nitrogens is 1. The zero-order chi connectivity index (χ0) is 13.0. The Kier molecular flexibility index (Phi) is 4.94. The van der Waals surface area contributed by atoms with E-state index in [-0.39, 0.29) is 6.61 Å². The Hall–Kier alpha value is -1.09. The summed E-state index contributed by atoms with van der Waals surface area (Å²) >= 11 is 0. The normalized spacial score (nSPS) is 12.9. The molecule has 17 heavy (non-hydrogen) atoms. The van der Waals surface area contributed by atoms with E-state index in [1.807, 2.05) is 12.1 Å². The van der Waals surface area contributed by atoms with Crippen LogP contribution >= 0.6 is 0 Å². The Morgan fingerprint density at radius 1 is 1.29 bits per heavy atom. The number of anilines is 1. The van der Waals surface area contributed by atoms with Crippen LogP contribution in [0.2, 0.25) is 0 Å². The van der Waals surface area contributed by atoms with Crippen LogP contribution in [0.3, 0.4) is 0 Å². The zero-order valence-corrected chi connectivity index (χ0v) is 11.6. The molecule has 1 rings (SSSR count). The maximum atomic E-state index is 9.30. The molecule has 3 nitrogen and oxygen atoms in total. The van der Waals surface area contributed by atoms with Crippen LogP contribution in [0.1, 0.15) is 51.3 Å². The van der Waals surface area contributed by atoms with E-state index in [9.17, 15) is 5.11 Å². The van der Waals surface area contributed by atoms with Gasteiger partial charge in [-0.3, -0.25) is 0 Å². The van der Waals surface area contributed by atoms with Crippen LogP contribution in [-0.2, 0) is 6.61 Å². The molecule has 1 aromatic heterocycles. The topological polar surface area (TPSA) is 36.4 Å². The second-order valence-electron chi connectivity index (χ2n) is 4.94. The summed E-state index contributed by atoms with van der Waals surface area (Å²) in [5.41, 5.74) is 1.98. The molecule has 0 radical (unpaired) electrons. The average molecular weight is 236 g/mol. The molecule has 0 bridgehead atoms. The Morgan fingerprint density at radius 3 is 2.41 bits per heavy atom. The molecule has 1 N–H and O–H groups in total. The maximum absolute atomic E-state index is 9.30. The third-order valence-electron chi connectivity index (χ3n) is 3.28. The van der Waals surface area contributed by atoms with Gasteiger partial charge in [0.05, 0.1) is 6.61 Å². The summed E-state index contributed by atoms with van der Waals surface area (Å²) in [6.45, 7) is 8.67. The highest BCUT2D eigenvalue weighted by atomic mass is 16.3. The number of hydrogen-bond acceptors (Lipinski definition) is 3. The van der Waals surface area contributed by atoms with E-state index in [2.05, 4.69) is 44.6 Å². The van der Waals surface area contributed by atoms with Gasteiger partial charge in [-0.05, 0) is 37.0 Å². The molecule has 3 heteroatoms. The number of nitrogens with zero attached hydrogens (tertiary/aromatic N) is 2. The van der Waals surface area contributed by atoms with Crippen molar-refractivity contribution in [2.24, 2.45) is 0 Å². The highest BCUT2D eigenvalue weighted by Gasteiger charge is 2.12. The molecule has 1 heterocycles. The van der Waals surface area contributed by atoms with E-state index in [0.29, 0.717) is 12.0 Å². The van der Waals surface area contributed by atoms with Gasteiger partial charge in [-0.2, -0.15) is 0 Å². The minimum Gasteiger partial charge on any atom is -0.392 e. The molecule has 0 spiro atoms. The highest BCUT2D eigenvalue weighted by molar-refractivity contribution is 5.43. The van der Waals surface area contributed by atoms with Crippen molar-refractivity contribution < 1.29 is 5.11 Å². The van der Waals surface area contributed by atoms with E-state index >= 15 is 0 Å². The Labute approximate surface area is 104 Å². The van der Waals surface area contributed by atoms with Crippen molar-refractivity contribution in [2.75, 3.05) is 11.9 Å². The Morgan fingerprint density at radius 2 is 1.94 bits per heavy atom. The lowest BCUT2D eigenvalue weighted by Gasteiger charge is -2.26. The molecule has 0 fully saturated rings. The summed E-state index contributed by atoms with van der Waals surface area (Å²) in [5.74, 6) is 1.33. The van der Waals surface area contributed by atoms with E-state index in [0.717, 1.165) is 23.5 Å². The lowest BCUT2D eigenvalue weighted by atomic mass is 10.1. The third kappa shape index (κ3) is 3.43. The van der Waals surface area contributed by atoms with Crippen molar-refractivity contribution in [2.45, 2.75) is 52.7 Å². The molecular formula is C14H24N2O. The fourth-order valence-electron chi connectivity index (χ4n) is 1.66. The molecule has 0 saturated heterocycles. The molecule has 0 aliphatic rings. The monoisotopic (exact) mass is 236 g/mol. The molecule has 0 aliphatic carbocycles. The van der Waals surface area contributed by atoms with Crippen LogP contribution in [0.25, 0.3) is 0 Å². The molecule has 0 saturated carbocycles. The van der Waals surface area contributed by atoms with Gasteiger partial charge in [0.15, 0.2) is 0 Å². The first-order chi connectivity index (χ1) is 7.99.